The maximum atomic E-state index is 6.12. The van der Waals surface area contributed by atoms with Crippen molar-refractivity contribution in [2.24, 2.45) is 0 Å². The Morgan fingerprint density at radius 1 is 1.38 bits per heavy atom. The smallest absolute Gasteiger partial charge is 0.130 e. The van der Waals surface area contributed by atoms with Gasteiger partial charge in [0.1, 0.15) is 5.15 Å². The van der Waals surface area contributed by atoms with Gasteiger partial charge in [0.2, 0.25) is 0 Å². The summed E-state index contributed by atoms with van der Waals surface area (Å²) in [6.07, 6.45) is 2.83. The molecule has 2 nitrogen and oxygen atoms in total. The first-order valence-corrected chi connectivity index (χ1v) is 6.13. The number of hydrogen-bond acceptors (Lipinski definition) is 2. The Morgan fingerprint density at radius 3 is 2.50 bits per heavy atom. The number of aromatic nitrogens is 1. The van der Waals surface area contributed by atoms with Gasteiger partial charge in [-0.1, -0.05) is 30.1 Å². The molecule has 1 heterocycles. The van der Waals surface area contributed by atoms with E-state index in [0.717, 1.165) is 18.5 Å². The number of halogens is 2. The Morgan fingerprint density at radius 2 is 2.00 bits per heavy atom. The van der Waals surface area contributed by atoms with Crippen molar-refractivity contribution >= 4 is 23.2 Å². The molecule has 90 valence electrons. The van der Waals surface area contributed by atoms with Crippen LogP contribution in [0.2, 0.25) is 10.2 Å². The maximum Gasteiger partial charge on any atom is 0.130 e. The zero-order chi connectivity index (χ0) is 12.3. The minimum absolute atomic E-state index is 0.156. The zero-order valence-electron chi connectivity index (χ0n) is 10.2. The van der Waals surface area contributed by atoms with Gasteiger partial charge in [-0.3, -0.25) is 4.90 Å². The highest BCUT2D eigenvalue weighted by atomic mass is 35.5. The molecule has 0 radical (unpaired) electrons. The molecule has 0 saturated carbocycles. The SMILES string of the molecule is CCC(C)(C)N(C)Cc1cnc(Cl)cc1Cl. The maximum absolute atomic E-state index is 6.12. The van der Waals surface area contributed by atoms with Gasteiger partial charge in [-0.25, -0.2) is 4.98 Å². The highest BCUT2D eigenvalue weighted by Crippen LogP contribution is 2.24. The average molecular weight is 261 g/mol. The third-order valence-corrected chi connectivity index (χ3v) is 3.76. The first-order chi connectivity index (χ1) is 7.36. The van der Waals surface area contributed by atoms with Crippen LogP contribution in [0, 0.1) is 0 Å². The normalized spacial score (nSPS) is 12.2. The van der Waals surface area contributed by atoms with E-state index in [1.54, 1.807) is 12.3 Å². The molecule has 1 aromatic heterocycles. The number of nitrogens with zero attached hydrogens (tertiary/aromatic N) is 2. The number of pyridine rings is 1. The molecule has 0 spiro atoms. The fourth-order valence-electron chi connectivity index (χ4n) is 1.29. The summed E-state index contributed by atoms with van der Waals surface area (Å²) < 4.78 is 0. The van der Waals surface area contributed by atoms with Gasteiger partial charge in [-0.05, 0) is 33.4 Å². The van der Waals surface area contributed by atoms with E-state index >= 15 is 0 Å². The highest BCUT2D eigenvalue weighted by Gasteiger charge is 2.21. The van der Waals surface area contributed by atoms with Gasteiger partial charge in [-0.2, -0.15) is 0 Å². The minimum Gasteiger partial charge on any atom is -0.297 e. The van der Waals surface area contributed by atoms with Crippen LogP contribution in [-0.2, 0) is 6.54 Å². The molecule has 0 atom stereocenters. The Bertz CT molecular complexity index is 364. The van der Waals surface area contributed by atoms with Gasteiger partial charge in [-0.15, -0.1) is 0 Å². The van der Waals surface area contributed by atoms with Crippen molar-refractivity contribution in [1.29, 1.82) is 0 Å². The van der Waals surface area contributed by atoms with Crippen LogP contribution in [0.4, 0.5) is 0 Å². The Hall–Kier alpha value is -0.310. The molecule has 0 aliphatic heterocycles. The van der Waals surface area contributed by atoms with Gasteiger partial charge >= 0.3 is 0 Å². The summed E-state index contributed by atoms with van der Waals surface area (Å²) in [5.74, 6) is 0. The van der Waals surface area contributed by atoms with Crippen LogP contribution in [0.3, 0.4) is 0 Å². The zero-order valence-corrected chi connectivity index (χ0v) is 11.7. The van der Waals surface area contributed by atoms with Crippen LogP contribution in [0.5, 0.6) is 0 Å². The Kier molecular flexibility index (Phi) is 4.60. The molecule has 0 aliphatic rings. The molecule has 0 saturated heterocycles. The summed E-state index contributed by atoms with van der Waals surface area (Å²) >= 11 is 11.9. The lowest BCUT2D eigenvalue weighted by molar-refractivity contribution is 0.143. The van der Waals surface area contributed by atoms with Crippen LogP contribution in [0.15, 0.2) is 12.3 Å². The van der Waals surface area contributed by atoms with Crippen LogP contribution in [-0.4, -0.2) is 22.5 Å². The lowest BCUT2D eigenvalue weighted by atomic mass is 9.99. The third-order valence-electron chi connectivity index (χ3n) is 3.20. The fourth-order valence-corrected chi connectivity index (χ4v) is 1.72. The van der Waals surface area contributed by atoms with Crippen LogP contribution >= 0.6 is 23.2 Å². The molecule has 0 aromatic carbocycles. The summed E-state index contributed by atoms with van der Waals surface area (Å²) in [5, 5.41) is 1.12. The van der Waals surface area contributed by atoms with Gasteiger partial charge in [0.15, 0.2) is 0 Å². The molecule has 0 fully saturated rings. The summed E-state index contributed by atoms with van der Waals surface area (Å²) in [5.41, 5.74) is 1.17. The third kappa shape index (κ3) is 3.34. The van der Waals surface area contributed by atoms with Crippen molar-refractivity contribution in [1.82, 2.24) is 9.88 Å². The van der Waals surface area contributed by atoms with Crippen LogP contribution < -0.4 is 0 Å². The van der Waals surface area contributed by atoms with Crippen LogP contribution in [0.25, 0.3) is 0 Å². The van der Waals surface area contributed by atoms with Gasteiger partial charge in [0.05, 0.1) is 0 Å². The molecule has 0 bridgehead atoms. The second-order valence-corrected chi connectivity index (χ2v) is 5.41. The largest absolute Gasteiger partial charge is 0.297 e. The van der Waals surface area contributed by atoms with Crippen molar-refractivity contribution in [3.05, 3.63) is 28.0 Å². The van der Waals surface area contributed by atoms with E-state index in [9.17, 15) is 0 Å². The Labute approximate surface area is 108 Å². The van der Waals surface area contributed by atoms with Crippen molar-refractivity contribution in [3.8, 4) is 0 Å². The lowest BCUT2D eigenvalue weighted by Crippen LogP contribution is -2.39. The van der Waals surface area contributed by atoms with Gasteiger partial charge < -0.3 is 0 Å². The standard InChI is InChI=1S/C12H18Cl2N2/c1-5-12(2,3)16(4)8-9-7-15-11(14)6-10(9)13/h6-7H,5,8H2,1-4H3. The summed E-state index contributed by atoms with van der Waals surface area (Å²) in [6.45, 7) is 7.39. The predicted octanol–water partition coefficient (Wildman–Crippen LogP) is 4.01. The van der Waals surface area contributed by atoms with E-state index in [4.69, 9.17) is 23.2 Å². The topological polar surface area (TPSA) is 16.1 Å². The second kappa shape index (κ2) is 5.35. The van der Waals surface area contributed by atoms with Gasteiger partial charge in [0.25, 0.3) is 0 Å². The van der Waals surface area contributed by atoms with E-state index in [1.165, 1.54) is 0 Å². The quantitative estimate of drug-likeness (QED) is 0.761. The lowest BCUT2D eigenvalue weighted by Gasteiger charge is -2.34. The van der Waals surface area contributed by atoms with E-state index < -0.39 is 0 Å². The minimum atomic E-state index is 0.156. The predicted molar refractivity (Wildman–Crippen MR) is 70.1 cm³/mol. The van der Waals surface area contributed by atoms with E-state index in [0.29, 0.717) is 10.2 Å². The first-order valence-electron chi connectivity index (χ1n) is 5.38. The monoisotopic (exact) mass is 260 g/mol. The highest BCUT2D eigenvalue weighted by molar-refractivity contribution is 6.34. The molecule has 0 amide bonds. The average Bonchev–Trinajstić information content (AvgIpc) is 2.22. The summed E-state index contributed by atoms with van der Waals surface area (Å²) in [4.78, 5) is 6.32. The molecule has 0 aliphatic carbocycles. The molecule has 1 rings (SSSR count). The fraction of sp³-hybridized carbons (Fsp3) is 0.583. The Balaban J connectivity index is 2.81. The second-order valence-electron chi connectivity index (χ2n) is 4.62. The van der Waals surface area contributed by atoms with Crippen LogP contribution in [0.1, 0.15) is 32.8 Å². The number of rotatable bonds is 4. The van der Waals surface area contributed by atoms with E-state index in [-0.39, 0.29) is 5.54 Å². The van der Waals surface area contributed by atoms with Gasteiger partial charge in [0, 0.05) is 28.9 Å². The van der Waals surface area contributed by atoms with E-state index in [1.807, 2.05) is 0 Å². The molecule has 16 heavy (non-hydrogen) atoms. The molecular weight excluding hydrogens is 243 g/mol. The first kappa shape index (κ1) is 13.8. The van der Waals surface area contributed by atoms with Crippen molar-refractivity contribution in [2.75, 3.05) is 7.05 Å². The van der Waals surface area contributed by atoms with Crippen molar-refractivity contribution in [3.63, 3.8) is 0 Å². The summed E-state index contributed by atoms with van der Waals surface area (Å²) in [7, 11) is 2.09. The molecule has 1 aromatic rings. The molecular formula is C12H18Cl2N2. The summed E-state index contributed by atoms with van der Waals surface area (Å²) in [6, 6.07) is 1.69. The van der Waals surface area contributed by atoms with E-state index in [2.05, 4.69) is 37.7 Å². The molecule has 0 N–H and O–H groups in total. The number of hydrogen-bond donors (Lipinski definition) is 0. The van der Waals surface area contributed by atoms with Crippen molar-refractivity contribution in [2.45, 2.75) is 39.3 Å². The molecule has 4 heteroatoms. The van der Waals surface area contributed by atoms with Crippen molar-refractivity contribution < 1.29 is 0 Å². The molecule has 0 unspecified atom stereocenters.